The standard InChI is InChI=1S/C34H30F5N5O2/c1-3-22(20-13-14-44(17-20)27(45)12-9-19-7-5-4-6-8-19)32-28(34(40)43-18-42-32)31(41-2)23-11-10-21(15-24(23)35)46-33-29(38)25(36)16-26(37)30(33)39/h4-12,15-16,18,20,22H,3,13-14,17H2,1-2H3,(H2,40,42,43)/b12-9+,41-31?. The van der Waals surface area contributed by atoms with Crippen LogP contribution >= 0.6 is 0 Å². The summed E-state index contributed by atoms with van der Waals surface area (Å²) in [6.07, 6.45) is 5.98. The van der Waals surface area contributed by atoms with Crippen molar-refractivity contribution in [3.63, 3.8) is 0 Å². The van der Waals surface area contributed by atoms with Crippen molar-refractivity contribution >= 4 is 23.5 Å². The third-order valence-electron chi connectivity index (χ3n) is 7.97. The van der Waals surface area contributed by atoms with Gasteiger partial charge in [0.2, 0.25) is 23.3 Å². The van der Waals surface area contributed by atoms with Crippen molar-refractivity contribution in [1.29, 1.82) is 0 Å². The molecule has 1 fully saturated rings. The summed E-state index contributed by atoms with van der Waals surface area (Å²) >= 11 is 0. The van der Waals surface area contributed by atoms with E-state index in [-0.39, 0.29) is 40.9 Å². The van der Waals surface area contributed by atoms with Crippen LogP contribution in [0.3, 0.4) is 0 Å². The first-order valence-electron chi connectivity index (χ1n) is 14.5. The maximum Gasteiger partial charge on any atom is 0.246 e. The van der Waals surface area contributed by atoms with E-state index in [2.05, 4.69) is 15.0 Å². The second-order valence-corrected chi connectivity index (χ2v) is 10.7. The number of halogens is 5. The predicted octanol–water partition coefficient (Wildman–Crippen LogP) is 7.07. The third kappa shape index (κ3) is 6.60. The summed E-state index contributed by atoms with van der Waals surface area (Å²) in [5, 5.41) is 0. The predicted molar refractivity (Wildman–Crippen MR) is 164 cm³/mol. The fraction of sp³-hybridized carbons (Fsp3) is 0.235. The molecule has 12 heteroatoms. The first kappa shape index (κ1) is 32.3. The van der Waals surface area contributed by atoms with E-state index in [1.165, 1.54) is 25.5 Å². The van der Waals surface area contributed by atoms with Crippen LogP contribution in [0.4, 0.5) is 27.8 Å². The van der Waals surface area contributed by atoms with E-state index in [0.717, 1.165) is 11.6 Å². The van der Waals surface area contributed by atoms with Crippen molar-refractivity contribution in [3.05, 3.63) is 118 Å². The minimum Gasteiger partial charge on any atom is -0.451 e. The summed E-state index contributed by atoms with van der Waals surface area (Å²) in [5.74, 6) is -9.75. The molecule has 0 radical (unpaired) electrons. The summed E-state index contributed by atoms with van der Waals surface area (Å²) in [4.78, 5) is 27.7. The molecule has 1 aliphatic rings. The average Bonchev–Trinajstić information content (AvgIpc) is 3.54. The number of aliphatic imine (C=N–C) groups is 1. The van der Waals surface area contributed by atoms with Crippen LogP contribution in [0, 0.1) is 35.0 Å². The van der Waals surface area contributed by atoms with Gasteiger partial charge in [0.15, 0.2) is 11.6 Å². The number of carbonyl (C=O) groups excluding carboxylic acids is 1. The third-order valence-corrected chi connectivity index (χ3v) is 7.97. The molecule has 1 aliphatic heterocycles. The molecule has 238 valence electrons. The number of benzene rings is 3. The van der Waals surface area contributed by atoms with Crippen molar-refractivity contribution in [2.24, 2.45) is 10.9 Å². The highest BCUT2D eigenvalue weighted by molar-refractivity contribution is 6.16. The van der Waals surface area contributed by atoms with Crippen LogP contribution < -0.4 is 10.5 Å². The first-order valence-corrected chi connectivity index (χ1v) is 14.5. The number of likely N-dealkylation sites (tertiary alicyclic amines) is 1. The Morgan fingerprint density at radius 1 is 1.04 bits per heavy atom. The van der Waals surface area contributed by atoms with Crippen LogP contribution in [0.5, 0.6) is 11.5 Å². The van der Waals surface area contributed by atoms with Crippen LogP contribution in [0.25, 0.3) is 6.08 Å². The Morgan fingerprint density at radius 3 is 2.41 bits per heavy atom. The zero-order valence-electron chi connectivity index (χ0n) is 25.0. The molecule has 1 amide bonds. The van der Waals surface area contributed by atoms with Gasteiger partial charge in [0.05, 0.1) is 17.0 Å². The number of nitrogen functional groups attached to an aromatic ring is 1. The van der Waals surface area contributed by atoms with Crippen molar-refractivity contribution in [3.8, 4) is 11.5 Å². The lowest BCUT2D eigenvalue weighted by Gasteiger charge is -2.25. The van der Waals surface area contributed by atoms with Gasteiger partial charge in [-0.25, -0.2) is 23.1 Å². The van der Waals surface area contributed by atoms with Gasteiger partial charge < -0.3 is 15.4 Å². The monoisotopic (exact) mass is 635 g/mol. The summed E-state index contributed by atoms with van der Waals surface area (Å²) in [6.45, 7) is 3.01. The molecule has 2 N–H and O–H groups in total. The van der Waals surface area contributed by atoms with Crippen molar-refractivity contribution in [1.82, 2.24) is 14.9 Å². The number of nitrogens with two attached hydrogens (primary N) is 1. The molecule has 0 spiro atoms. The Balaban J connectivity index is 1.41. The number of anilines is 1. The molecular weight excluding hydrogens is 605 g/mol. The largest absolute Gasteiger partial charge is 0.451 e. The lowest BCUT2D eigenvalue weighted by atomic mass is 9.83. The summed E-state index contributed by atoms with van der Waals surface area (Å²) in [7, 11) is 1.44. The van der Waals surface area contributed by atoms with Crippen LogP contribution in [0.2, 0.25) is 0 Å². The average molecular weight is 636 g/mol. The quantitative estimate of drug-likeness (QED) is 0.0920. The van der Waals surface area contributed by atoms with Gasteiger partial charge in [-0.05, 0) is 42.5 Å². The maximum absolute atomic E-state index is 15.6. The molecule has 1 saturated heterocycles. The number of rotatable bonds is 9. The normalized spacial score (nSPS) is 15.8. The van der Waals surface area contributed by atoms with E-state index < -0.39 is 40.6 Å². The van der Waals surface area contributed by atoms with Gasteiger partial charge in [-0.1, -0.05) is 37.3 Å². The van der Waals surface area contributed by atoms with E-state index in [1.54, 1.807) is 17.1 Å². The van der Waals surface area contributed by atoms with E-state index in [9.17, 15) is 22.4 Å². The second-order valence-electron chi connectivity index (χ2n) is 10.7. The van der Waals surface area contributed by atoms with Gasteiger partial charge in [0, 0.05) is 49.8 Å². The molecule has 7 nitrogen and oxygen atoms in total. The summed E-state index contributed by atoms with van der Waals surface area (Å²) in [5.41, 5.74) is 8.16. The fourth-order valence-corrected chi connectivity index (χ4v) is 5.72. The number of carbonyl (C=O) groups is 1. The van der Waals surface area contributed by atoms with Crippen molar-refractivity contribution in [2.45, 2.75) is 25.7 Å². The minimum absolute atomic E-state index is 0.0160. The lowest BCUT2D eigenvalue weighted by Crippen LogP contribution is -2.28. The van der Waals surface area contributed by atoms with Crippen molar-refractivity contribution < 1.29 is 31.5 Å². The van der Waals surface area contributed by atoms with Crippen LogP contribution in [-0.2, 0) is 4.79 Å². The van der Waals surface area contributed by atoms with E-state index in [0.29, 0.717) is 37.2 Å². The molecule has 4 aromatic rings. The fourth-order valence-electron chi connectivity index (χ4n) is 5.72. The van der Waals surface area contributed by atoms with Gasteiger partial charge in [-0.3, -0.25) is 9.79 Å². The van der Waals surface area contributed by atoms with Crippen LogP contribution in [0.15, 0.2) is 72.0 Å². The van der Waals surface area contributed by atoms with Gasteiger partial charge in [-0.2, -0.15) is 8.78 Å². The summed E-state index contributed by atoms with van der Waals surface area (Å²) < 4.78 is 76.2. The van der Waals surface area contributed by atoms with Crippen LogP contribution in [0.1, 0.15) is 48.1 Å². The maximum atomic E-state index is 15.6. The molecule has 0 saturated carbocycles. The number of amides is 1. The second kappa shape index (κ2) is 13.9. The smallest absolute Gasteiger partial charge is 0.246 e. The number of aromatic nitrogens is 2. The Kier molecular flexibility index (Phi) is 9.74. The number of hydrogen-bond donors (Lipinski definition) is 1. The summed E-state index contributed by atoms with van der Waals surface area (Å²) in [6, 6.07) is 12.8. The minimum atomic E-state index is -1.76. The number of nitrogens with zero attached hydrogens (tertiary/aromatic N) is 4. The van der Waals surface area contributed by atoms with Gasteiger partial charge >= 0.3 is 0 Å². The highest BCUT2D eigenvalue weighted by Crippen LogP contribution is 2.38. The molecule has 0 aliphatic carbocycles. The lowest BCUT2D eigenvalue weighted by molar-refractivity contribution is -0.125. The van der Waals surface area contributed by atoms with E-state index in [1.807, 2.05) is 37.3 Å². The van der Waals surface area contributed by atoms with E-state index in [4.69, 9.17) is 10.5 Å². The molecular formula is C34H30F5N5O2. The molecule has 46 heavy (non-hydrogen) atoms. The van der Waals surface area contributed by atoms with Gasteiger partial charge in [-0.15, -0.1) is 0 Å². The topological polar surface area (TPSA) is 93.7 Å². The Hall–Kier alpha value is -5.13. The number of ether oxygens (including phenoxy) is 1. The Labute approximate surface area is 262 Å². The van der Waals surface area contributed by atoms with Crippen molar-refractivity contribution in [2.75, 3.05) is 25.9 Å². The molecule has 2 heterocycles. The molecule has 2 atom stereocenters. The Bertz CT molecular complexity index is 1790. The molecule has 1 aromatic heterocycles. The molecule has 0 bridgehead atoms. The van der Waals surface area contributed by atoms with Crippen LogP contribution in [-0.4, -0.2) is 46.6 Å². The molecule has 2 unspecified atom stereocenters. The SMILES string of the molecule is CCC(c1ncnc(N)c1C(=NC)c1ccc(Oc2c(F)c(F)cc(F)c2F)cc1F)C1CCN(C(=O)/C=C/c2ccccc2)C1. The highest BCUT2D eigenvalue weighted by Gasteiger charge is 2.35. The highest BCUT2D eigenvalue weighted by atomic mass is 19.2. The van der Waals surface area contributed by atoms with Gasteiger partial charge in [0.1, 0.15) is 23.7 Å². The molecule has 3 aromatic carbocycles. The zero-order chi connectivity index (χ0) is 33.0. The Morgan fingerprint density at radius 2 is 1.76 bits per heavy atom. The molecule has 5 rings (SSSR count). The van der Waals surface area contributed by atoms with Gasteiger partial charge in [0.25, 0.3) is 0 Å². The first-order chi connectivity index (χ1) is 22.1. The zero-order valence-corrected chi connectivity index (χ0v) is 25.0. The number of hydrogen-bond acceptors (Lipinski definition) is 6. The van der Waals surface area contributed by atoms with E-state index >= 15 is 4.39 Å².